The molecule has 1 aliphatic carbocycles. The lowest BCUT2D eigenvalue weighted by atomic mass is 10.1. The summed E-state index contributed by atoms with van der Waals surface area (Å²) < 4.78 is 41.2. The minimum absolute atomic E-state index is 0.206. The Morgan fingerprint density at radius 1 is 1.11 bits per heavy atom. The maximum atomic E-state index is 13.1. The molecule has 1 fully saturated rings. The van der Waals surface area contributed by atoms with Crippen LogP contribution < -0.4 is 4.90 Å². The average molecular weight is 510 g/mol. The van der Waals surface area contributed by atoms with Gasteiger partial charge in [0.1, 0.15) is 11.3 Å². The van der Waals surface area contributed by atoms with Gasteiger partial charge in [-0.2, -0.15) is 13.2 Å². The molecular weight excluding hydrogens is 483 g/mol. The number of aromatic nitrogens is 4. The van der Waals surface area contributed by atoms with Crippen molar-refractivity contribution in [2.24, 2.45) is 5.92 Å². The molecule has 2 aromatic heterocycles. The summed E-state index contributed by atoms with van der Waals surface area (Å²) in [5.74, 6) is 0.0242. The van der Waals surface area contributed by atoms with Gasteiger partial charge in [-0.25, -0.2) is 19.7 Å². The number of benzene rings is 2. The number of alkyl halides is 3. The van der Waals surface area contributed by atoms with Crippen LogP contribution in [0.4, 0.5) is 19.0 Å². The van der Waals surface area contributed by atoms with Crippen LogP contribution in [0.5, 0.6) is 0 Å². The van der Waals surface area contributed by atoms with Crippen LogP contribution in [-0.4, -0.2) is 44.2 Å². The number of fused-ring (bicyclic) bond motifs is 1. The van der Waals surface area contributed by atoms with Crippen LogP contribution in [0.1, 0.15) is 46.6 Å². The number of aryl methyl sites for hydroxylation is 1. The number of carbonyl (C=O) groups is 1. The first-order valence-corrected chi connectivity index (χ1v) is 12.1. The van der Waals surface area contributed by atoms with Crippen molar-refractivity contribution >= 4 is 23.0 Å². The molecule has 0 radical (unpaired) electrons. The van der Waals surface area contributed by atoms with Crippen molar-refractivity contribution in [3.05, 3.63) is 71.0 Å². The number of rotatable bonds is 8. The summed E-state index contributed by atoms with van der Waals surface area (Å²) in [7, 11) is 1.86. The van der Waals surface area contributed by atoms with Crippen molar-refractivity contribution in [3.63, 3.8) is 0 Å². The van der Waals surface area contributed by atoms with Gasteiger partial charge in [-0.3, -0.25) is 0 Å². The second-order valence-corrected chi connectivity index (χ2v) is 9.59. The van der Waals surface area contributed by atoms with Crippen LogP contribution >= 0.6 is 0 Å². The van der Waals surface area contributed by atoms with Crippen LogP contribution in [0.2, 0.25) is 0 Å². The van der Waals surface area contributed by atoms with Crippen LogP contribution in [0, 0.1) is 12.8 Å². The van der Waals surface area contributed by atoms with E-state index in [1.54, 1.807) is 0 Å². The van der Waals surface area contributed by atoms with E-state index < -0.39 is 17.7 Å². The van der Waals surface area contributed by atoms with E-state index in [1.807, 2.05) is 47.7 Å². The van der Waals surface area contributed by atoms with Crippen LogP contribution in [0.15, 0.2) is 48.5 Å². The number of hydrogen-bond donors (Lipinski definition) is 1. The lowest BCUT2D eigenvalue weighted by Gasteiger charge is -2.20. The monoisotopic (exact) mass is 509 g/mol. The molecule has 0 aliphatic heterocycles. The molecule has 0 spiro atoms. The third kappa shape index (κ3) is 5.28. The minimum Gasteiger partial charge on any atom is -0.475 e. The molecule has 1 N–H and O–H groups in total. The second kappa shape index (κ2) is 9.49. The fourth-order valence-corrected chi connectivity index (χ4v) is 4.41. The molecule has 1 saturated carbocycles. The summed E-state index contributed by atoms with van der Waals surface area (Å²) in [6.07, 6.45) is -1.08. The molecular formula is C27H26F3N5O2. The molecule has 1 aliphatic rings. The lowest BCUT2D eigenvalue weighted by Crippen LogP contribution is -2.23. The SMILES string of the molecule is Cc1cccc(-c2nc3nc(C(=O)O)nc(N(C)CCC4CC4)c3n2Cc2ccc(C(F)(F)F)cc2)c1. The Labute approximate surface area is 211 Å². The van der Waals surface area contributed by atoms with Crippen LogP contribution in [0.25, 0.3) is 22.6 Å². The van der Waals surface area contributed by atoms with Gasteiger partial charge in [0.15, 0.2) is 11.5 Å². The maximum Gasteiger partial charge on any atom is 0.416 e. The molecule has 4 aromatic rings. The third-order valence-corrected chi connectivity index (χ3v) is 6.61. The Morgan fingerprint density at radius 3 is 2.46 bits per heavy atom. The number of nitrogens with zero attached hydrogens (tertiary/aromatic N) is 5. The van der Waals surface area contributed by atoms with Gasteiger partial charge in [0.2, 0.25) is 5.82 Å². The van der Waals surface area contributed by atoms with Crippen molar-refractivity contribution < 1.29 is 23.1 Å². The average Bonchev–Trinajstić information content (AvgIpc) is 3.62. The van der Waals surface area contributed by atoms with Gasteiger partial charge in [0, 0.05) is 25.7 Å². The normalized spacial score (nSPS) is 13.8. The van der Waals surface area contributed by atoms with Gasteiger partial charge >= 0.3 is 12.1 Å². The number of aromatic carboxylic acids is 1. The number of carboxylic acid groups (broad SMARTS) is 1. The number of hydrogen-bond acceptors (Lipinski definition) is 5. The van der Waals surface area contributed by atoms with E-state index in [1.165, 1.54) is 25.0 Å². The van der Waals surface area contributed by atoms with E-state index in [0.717, 1.165) is 29.7 Å². The zero-order chi connectivity index (χ0) is 26.3. The smallest absolute Gasteiger partial charge is 0.416 e. The Morgan fingerprint density at radius 2 is 1.84 bits per heavy atom. The highest BCUT2D eigenvalue weighted by molar-refractivity contribution is 5.92. The number of anilines is 1. The molecule has 2 aromatic carbocycles. The predicted molar refractivity (Wildman–Crippen MR) is 134 cm³/mol. The summed E-state index contributed by atoms with van der Waals surface area (Å²) in [5.41, 5.74) is 2.47. The molecule has 0 unspecified atom stereocenters. The van der Waals surface area contributed by atoms with Crippen LogP contribution in [0.3, 0.4) is 0 Å². The first kappa shape index (κ1) is 24.7. The quantitative estimate of drug-likeness (QED) is 0.323. The Hall–Kier alpha value is -3.95. The zero-order valence-electron chi connectivity index (χ0n) is 20.5. The van der Waals surface area contributed by atoms with Gasteiger partial charge in [0.25, 0.3) is 0 Å². The van der Waals surface area contributed by atoms with Gasteiger partial charge < -0.3 is 14.6 Å². The minimum atomic E-state index is -4.43. The molecule has 5 rings (SSSR count). The lowest BCUT2D eigenvalue weighted by molar-refractivity contribution is -0.137. The Bertz CT molecular complexity index is 1460. The summed E-state index contributed by atoms with van der Waals surface area (Å²) in [6, 6.07) is 12.7. The first-order chi connectivity index (χ1) is 17.6. The number of carboxylic acids is 1. The zero-order valence-corrected chi connectivity index (χ0v) is 20.5. The van der Waals surface area contributed by atoms with E-state index in [0.29, 0.717) is 35.2 Å². The van der Waals surface area contributed by atoms with E-state index in [9.17, 15) is 23.1 Å². The van der Waals surface area contributed by atoms with Crippen molar-refractivity contribution in [2.45, 2.75) is 38.9 Å². The van der Waals surface area contributed by atoms with Gasteiger partial charge in [-0.05, 0) is 43.0 Å². The predicted octanol–water partition coefficient (Wildman–Crippen LogP) is 5.80. The van der Waals surface area contributed by atoms with E-state index in [2.05, 4.69) is 9.97 Å². The third-order valence-electron chi connectivity index (χ3n) is 6.61. The van der Waals surface area contributed by atoms with Crippen molar-refractivity contribution in [1.82, 2.24) is 19.5 Å². The highest BCUT2D eigenvalue weighted by Crippen LogP contribution is 2.35. The molecule has 192 valence electrons. The molecule has 0 saturated heterocycles. The molecule has 10 heteroatoms. The van der Waals surface area contributed by atoms with Crippen molar-refractivity contribution in [3.8, 4) is 11.4 Å². The number of halogens is 3. The summed E-state index contributed by atoms with van der Waals surface area (Å²) in [6.45, 7) is 2.84. The van der Waals surface area contributed by atoms with Crippen LogP contribution in [-0.2, 0) is 12.7 Å². The van der Waals surface area contributed by atoms with E-state index in [-0.39, 0.29) is 18.0 Å². The highest BCUT2D eigenvalue weighted by atomic mass is 19.4. The number of imidazole rings is 1. The van der Waals surface area contributed by atoms with E-state index in [4.69, 9.17) is 4.98 Å². The largest absolute Gasteiger partial charge is 0.475 e. The van der Waals surface area contributed by atoms with Crippen molar-refractivity contribution in [1.29, 1.82) is 0 Å². The fourth-order valence-electron chi connectivity index (χ4n) is 4.41. The molecule has 0 amide bonds. The van der Waals surface area contributed by atoms with Gasteiger partial charge in [-0.15, -0.1) is 0 Å². The molecule has 2 heterocycles. The highest BCUT2D eigenvalue weighted by Gasteiger charge is 2.30. The van der Waals surface area contributed by atoms with E-state index >= 15 is 0 Å². The summed E-state index contributed by atoms with van der Waals surface area (Å²) >= 11 is 0. The molecule has 0 atom stereocenters. The Balaban J connectivity index is 1.68. The standard InChI is InChI=1S/C27H26F3N5O2/c1-16-4-3-5-19(14-16)24-32-22-21(35(24)15-18-8-10-20(11-9-18)27(28,29)30)25(33-23(31-22)26(36)37)34(2)13-12-17-6-7-17/h3-5,8-11,14,17H,6-7,12-13,15H2,1-2H3,(H,36,37). The molecule has 37 heavy (non-hydrogen) atoms. The van der Waals surface area contributed by atoms with Gasteiger partial charge in [-0.1, -0.05) is 48.7 Å². The summed E-state index contributed by atoms with van der Waals surface area (Å²) in [5, 5.41) is 9.67. The summed E-state index contributed by atoms with van der Waals surface area (Å²) in [4.78, 5) is 27.1. The Kier molecular flexibility index (Phi) is 6.35. The first-order valence-electron chi connectivity index (χ1n) is 12.1. The second-order valence-electron chi connectivity index (χ2n) is 9.59. The topological polar surface area (TPSA) is 84.1 Å². The molecule has 7 nitrogen and oxygen atoms in total. The maximum absolute atomic E-state index is 13.1. The molecule has 0 bridgehead atoms. The van der Waals surface area contributed by atoms with Crippen molar-refractivity contribution in [2.75, 3.05) is 18.5 Å². The van der Waals surface area contributed by atoms with Gasteiger partial charge in [0.05, 0.1) is 5.56 Å². The fraction of sp³-hybridized carbons (Fsp3) is 0.333.